The van der Waals surface area contributed by atoms with Crippen molar-refractivity contribution in [1.82, 2.24) is 0 Å². The minimum Gasteiger partial charge on any atom is -0.355 e. The van der Waals surface area contributed by atoms with Crippen LogP contribution in [0.1, 0.15) is 0 Å². The Morgan fingerprint density at radius 2 is 1.65 bits per heavy atom. The average Bonchev–Trinajstić information content (AvgIpc) is 2.31. The molecule has 17 heavy (non-hydrogen) atoms. The van der Waals surface area contributed by atoms with Crippen molar-refractivity contribution in [2.24, 2.45) is 0 Å². The third-order valence-corrected chi connectivity index (χ3v) is 1.72. The summed E-state index contributed by atoms with van der Waals surface area (Å²) in [4.78, 5) is 0. The molecular weight excluding hydrogens is 238 g/mol. The van der Waals surface area contributed by atoms with Crippen LogP contribution in [0.2, 0.25) is 0 Å². The minimum atomic E-state index is -1.85. The molecule has 0 aliphatic rings. The van der Waals surface area contributed by atoms with Gasteiger partial charge in [-0.25, -0.2) is 17.6 Å². The van der Waals surface area contributed by atoms with Gasteiger partial charge in [0.05, 0.1) is 0 Å². The summed E-state index contributed by atoms with van der Waals surface area (Å²) in [5.74, 6) is -6.67. The number of hydrogen-bond donors (Lipinski definition) is 1. The van der Waals surface area contributed by atoms with Crippen LogP contribution in [-0.4, -0.2) is 0 Å². The third-order valence-electron chi connectivity index (χ3n) is 1.72. The van der Waals surface area contributed by atoms with Crippen LogP contribution in [0.3, 0.4) is 0 Å². The van der Waals surface area contributed by atoms with E-state index in [4.69, 9.17) is 10.5 Å². The highest BCUT2D eigenvalue weighted by molar-refractivity contribution is 5.51. The van der Waals surface area contributed by atoms with Gasteiger partial charge >= 0.3 is 0 Å². The van der Waals surface area contributed by atoms with Crippen molar-refractivity contribution in [1.29, 1.82) is 10.5 Å². The quantitative estimate of drug-likeness (QED) is 0.374. The first-order valence-corrected chi connectivity index (χ1v) is 4.11. The van der Waals surface area contributed by atoms with E-state index in [-0.39, 0.29) is 6.07 Å². The van der Waals surface area contributed by atoms with E-state index in [9.17, 15) is 17.6 Å². The molecule has 0 bridgehead atoms. The molecule has 1 aromatic rings. The molecule has 0 spiro atoms. The number of nitrogens with zero attached hydrogens (tertiary/aromatic N) is 2. The maximum atomic E-state index is 13.1. The van der Waals surface area contributed by atoms with Gasteiger partial charge in [-0.3, -0.25) is 0 Å². The van der Waals surface area contributed by atoms with E-state index < -0.39 is 34.5 Å². The van der Waals surface area contributed by atoms with Crippen molar-refractivity contribution in [3.63, 3.8) is 0 Å². The number of nitriles is 2. The number of anilines is 1. The van der Waals surface area contributed by atoms with Gasteiger partial charge in [0.2, 0.25) is 0 Å². The fraction of sp³-hybridized carbons (Fsp3) is 0. The number of benzene rings is 1. The molecule has 1 aromatic carbocycles. The van der Waals surface area contributed by atoms with E-state index in [1.54, 1.807) is 0 Å². The lowest BCUT2D eigenvalue weighted by Crippen LogP contribution is -2.02. The summed E-state index contributed by atoms with van der Waals surface area (Å²) in [7, 11) is 0. The molecule has 1 N–H and O–H groups in total. The fourth-order valence-electron chi connectivity index (χ4n) is 0.932. The molecular formula is C10H3F4N3. The van der Waals surface area contributed by atoms with Crippen LogP contribution in [0, 0.1) is 45.9 Å². The number of allylic oxidation sites excluding steroid dienone is 1. The molecule has 7 heteroatoms. The zero-order chi connectivity index (χ0) is 13.0. The Morgan fingerprint density at radius 3 is 2.18 bits per heavy atom. The predicted molar refractivity (Wildman–Crippen MR) is 49.2 cm³/mol. The molecule has 0 aliphatic carbocycles. The molecule has 0 saturated carbocycles. The lowest BCUT2D eigenvalue weighted by Gasteiger charge is -2.05. The zero-order valence-electron chi connectivity index (χ0n) is 8.06. The SMILES string of the molecule is N#CC(C#N)=CNc1c(F)cc(F)c(F)c1F. The predicted octanol–water partition coefficient (Wildman–Crippen LogP) is 2.59. The number of rotatable bonds is 2. The zero-order valence-corrected chi connectivity index (χ0v) is 8.06. The Bertz CT molecular complexity index is 550. The lowest BCUT2D eigenvalue weighted by molar-refractivity contribution is 0.438. The highest BCUT2D eigenvalue weighted by Crippen LogP contribution is 2.23. The second-order valence-corrected chi connectivity index (χ2v) is 2.77. The first-order chi connectivity index (χ1) is 8.01. The van der Waals surface area contributed by atoms with Gasteiger partial charge in [-0.2, -0.15) is 10.5 Å². The number of halogens is 4. The van der Waals surface area contributed by atoms with Gasteiger partial charge in [-0.15, -0.1) is 0 Å². The molecule has 0 fully saturated rings. The Labute approximate surface area is 93.2 Å². The van der Waals surface area contributed by atoms with E-state index in [0.717, 1.165) is 0 Å². The number of hydrogen-bond acceptors (Lipinski definition) is 3. The summed E-state index contributed by atoms with van der Waals surface area (Å²) in [6.45, 7) is 0. The molecule has 0 saturated heterocycles. The molecule has 0 heterocycles. The first kappa shape index (κ1) is 12.5. The van der Waals surface area contributed by atoms with Crippen molar-refractivity contribution in [2.75, 3.05) is 5.32 Å². The van der Waals surface area contributed by atoms with Gasteiger partial charge in [-0.05, 0) is 0 Å². The largest absolute Gasteiger partial charge is 0.355 e. The van der Waals surface area contributed by atoms with E-state index in [1.807, 2.05) is 5.32 Å². The van der Waals surface area contributed by atoms with Gasteiger partial charge in [-0.1, -0.05) is 0 Å². The van der Waals surface area contributed by atoms with Crippen LogP contribution in [0.4, 0.5) is 23.2 Å². The molecule has 0 aliphatic heterocycles. The molecule has 0 aromatic heterocycles. The first-order valence-electron chi connectivity index (χ1n) is 4.11. The molecule has 3 nitrogen and oxygen atoms in total. The van der Waals surface area contributed by atoms with Gasteiger partial charge < -0.3 is 5.32 Å². The van der Waals surface area contributed by atoms with Crippen molar-refractivity contribution < 1.29 is 17.6 Å². The van der Waals surface area contributed by atoms with E-state index in [2.05, 4.69) is 0 Å². The summed E-state index contributed by atoms with van der Waals surface area (Å²) < 4.78 is 51.4. The van der Waals surface area contributed by atoms with Gasteiger partial charge in [0.15, 0.2) is 23.3 Å². The van der Waals surface area contributed by atoms with Crippen molar-refractivity contribution in [3.05, 3.63) is 41.1 Å². The molecule has 0 amide bonds. The summed E-state index contributed by atoms with van der Waals surface area (Å²) in [6, 6.07) is 2.97. The van der Waals surface area contributed by atoms with Crippen LogP contribution in [0.5, 0.6) is 0 Å². The topological polar surface area (TPSA) is 59.6 Å². The maximum Gasteiger partial charge on any atom is 0.196 e. The van der Waals surface area contributed by atoms with Crippen LogP contribution in [-0.2, 0) is 0 Å². The highest BCUT2D eigenvalue weighted by Gasteiger charge is 2.18. The van der Waals surface area contributed by atoms with Crippen molar-refractivity contribution in [3.8, 4) is 12.1 Å². The molecule has 0 radical (unpaired) electrons. The van der Waals surface area contributed by atoms with Crippen LogP contribution < -0.4 is 5.32 Å². The van der Waals surface area contributed by atoms with Crippen molar-refractivity contribution in [2.45, 2.75) is 0 Å². The average molecular weight is 241 g/mol. The Morgan fingerprint density at radius 1 is 1.06 bits per heavy atom. The van der Waals surface area contributed by atoms with Crippen LogP contribution >= 0.6 is 0 Å². The van der Waals surface area contributed by atoms with Gasteiger partial charge in [0.1, 0.15) is 23.4 Å². The summed E-state index contributed by atoms with van der Waals surface area (Å²) >= 11 is 0. The molecule has 86 valence electrons. The Hall–Kier alpha value is -2.54. The second kappa shape index (κ2) is 4.99. The van der Waals surface area contributed by atoms with Crippen LogP contribution in [0.15, 0.2) is 17.8 Å². The van der Waals surface area contributed by atoms with Crippen molar-refractivity contribution >= 4 is 5.69 Å². The van der Waals surface area contributed by atoms with E-state index in [0.29, 0.717) is 6.20 Å². The highest BCUT2D eigenvalue weighted by atomic mass is 19.2. The lowest BCUT2D eigenvalue weighted by atomic mass is 10.2. The van der Waals surface area contributed by atoms with Gasteiger partial charge in [0, 0.05) is 12.3 Å². The van der Waals surface area contributed by atoms with E-state index >= 15 is 0 Å². The van der Waals surface area contributed by atoms with Gasteiger partial charge in [0.25, 0.3) is 0 Å². The summed E-state index contributed by atoms with van der Waals surface area (Å²) in [6.07, 6.45) is 0.679. The Kier molecular flexibility index (Phi) is 3.68. The minimum absolute atomic E-state index is 0.146. The standard InChI is InChI=1S/C10H3F4N3/c11-6-1-7(12)10(9(14)8(6)13)17-4-5(2-15)3-16/h1,4,17H. The molecule has 0 atom stereocenters. The number of nitrogens with one attached hydrogen (secondary N) is 1. The Balaban J connectivity index is 3.18. The summed E-state index contributed by atoms with van der Waals surface area (Å²) in [5, 5.41) is 18.6. The molecule has 0 unspecified atom stereocenters. The van der Waals surface area contributed by atoms with E-state index in [1.165, 1.54) is 12.1 Å². The third kappa shape index (κ3) is 2.52. The summed E-state index contributed by atoms with van der Waals surface area (Å²) in [5.41, 5.74) is -1.46. The second-order valence-electron chi connectivity index (χ2n) is 2.77. The normalized spacial score (nSPS) is 9.06. The maximum absolute atomic E-state index is 13.1. The smallest absolute Gasteiger partial charge is 0.196 e. The monoisotopic (exact) mass is 241 g/mol. The molecule has 1 rings (SSSR count). The fourth-order valence-corrected chi connectivity index (χ4v) is 0.932. The van der Waals surface area contributed by atoms with Crippen LogP contribution in [0.25, 0.3) is 0 Å².